The van der Waals surface area contributed by atoms with E-state index < -0.39 is 0 Å². The summed E-state index contributed by atoms with van der Waals surface area (Å²) >= 11 is 5.35. The van der Waals surface area contributed by atoms with Gasteiger partial charge in [0.15, 0.2) is 0 Å². The first-order valence-electron chi connectivity index (χ1n) is 16.9. The van der Waals surface area contributed by atoms with E-state index >= 15 is 0 Å². The lowest BCUT2D eigenvalue weighted by Crippen LogP contribution is -2.47. The number of nitrogens with zero attached hydrogens (tertiary/aromatic N) is 3. The van der Waals surface area contributed by atoms with Gasteiger partial charge in [0.1, 0.15) is 6.61 Å². The average Bonchev–Trinajstić information content (AvgIpc) is 3.32. The summed E-state index contributed by atoms with van der Waals surface area (Å²) in [7, 11) is 1.84. The zero-order valence-corrected chi connectivity index (χ0v) is 29.5. The number of carbonyl (C=O) groups is 1. The standard InChI is InChI=1S/C28H37N3O2S.C9H12.C2H6.CH4/c1-20-21(2)27-18-24(31-16-14-30(15-17-31)22(3)34)10-11-26(27)25(20)12-13-29(4)28(32)33-19-23-8-6-5-7-9-23;1-2-6-9-7-4-3-5-8-9;1-2;/h5-11,18,20-21,25H,12-17,19H2,1-4H3;3-5,7-8H,2,6H2,1H3;1-2H3;1H4/t20?,21?,25-;;;/m1.../s1. The topological polar surface area (TPSA) is 36.0 Å². The van der Waals surface area contributed by atoms with Crippen molar-refractivity contribution in [1.82, 2.24) is 9.80 Å². The van der Waals surface area contributed by atoms with Crippen molar-refractivity contribution in [2.75, 3.05) is 44.7 Å². The van der Waals surface area contributed by atoms with E-state index in [-0.39, 0.29) is 13.5 Å². The number of carbonyl (C=O) groups excluding carboxylic acids is 1. The molecule has 0 radical (unpaired) electrons. The maximum Gasteiger partial charge on any atom is 0.409 e. The second-order valence-electron chi connectivity index (χ2n) is 12.0. The van der Waals surface area contributed by atoms with Crippen LogP contribution in [-0.2, 0) is 17.8 Å². The number of ether oxygens (including phenoxy) is 1. The number of aryl methyl sites for hydroxylation is 1. The largest absolute Gasteiger partial charge is 0.445 e. The molecule has 5 rings (SSSR count). The van der Waals surface area contributed by atoms with Gasteiger partial charge in [-0.15, -0.1) is 0 Å². The van der Waals surface area contributed by atoms with E-state index in [4.69, 9.17) is 17.0 Å². The van der Waals surface area contributed by atoms with Crippen LogP contribution in [0.5, 0.6) is 0 Å². The van der Waals surface area contributed by atoms with Gasteiger partial charge in [-0.05, 0) is 71.9 Å². The van der Waals surface area contributed by atoms with Crippen molar-refractivity contribution in [2.45, 2.75) is 86.7 Å². The first-order chi connectivity index (χ1) is 21.8. The van der Waals surface area contributed by atoms with Gasteiger partial charge in [0.25, 0.3) is 0 Å². The first-order valence-corrected chi connectivity index (χ1v) is 17.3. The van der Waals surface area contributed by atoms with Crippen molar-refractivity contribution in [1.29, 1.82) is 0 Å². The summed E-state index contributed by atoms with van der Waals surface area (Å²) in [6.07, 6.45) is 3.13. The normalized spacial score (nSPS) is 18.1. The molecule has 0 N–H and O–H groups in total. The van der Waals surface area contributed by atoms with Gasteiger partial charge in [-0.25, -0.2) is 4.79 Å². The number of benzene rings is 3. The highest BCUT2D eigenvalue weighted by Gasteiger charge is 2.36. The van der Waals surface area contributed by atoms with Gasteiger partial charge in [0.05, 0.1) is 4.99 Å². The molecule has 0 bridgehead atoms. The van der Waals surface area contributed by atoms with E-state index in [0.717, 1.165) is 43.2 Å². The van der Waals surface area contributed by atoms with Gasteiger partial charge in [0.2, 0.25) is 0 Å². The smallest absolute Gasteiger partial charge is 0.409 e. The van der Waals surface area contributed by atoms with Crippen LogP contribution in [-0.4, -0.2) is 60.7 Å². The summed E-state index contributed by atoms with van der Waals surface area (Å²) in [5.74, 6) is 1.52. The Kier molecular flexibility index (Phi) is 16.9. The summed E-state index contributed by atoms with van der Waals surface area (Å²) < 4.78 is 5.50. The van der Waals surface area contributed by atoms with Crippen LogP contribution in [0, 0.1) is 5.92 Å². The molecule has 6 heteroatoms. The molecule has 5 nitrogen and oxygen atoms in total. The highest BCUT2D eigenvalue weighted by Crippen LogP contribution is 2.48. The van der Waals surface area contributed by atoms with Crippen LogP contribution < -0.4 is 4.90 Å². The van der Waals surface area contributed by atoms with E-state index in [0.29, 0.717) is 30.9 Å². The van der Waals surface area contributed by atoms with Crippen molar-refractivity contribution in [3.05, 3.63) is 101 Å². The summed E-state index contributed by atoms with van der Waals surface area (Å²) in [4.78, 5) is 20.0. The zero-order valence-electron chi connectivity index (χ0n) is 28.7. The van der Waals surface area contributed by atoms with Crippen LogP contribution in [0.2, 0.25) is 0 Å². The molecular weight excluding hydrogens is 587 g/mol. The van der Waals surface area contributed by atoms with Gasteiger partial charge in [-0.1, -0.05) is 127 Å². The molecule has 1 heterocycles. The number of rotatable bonds is 8. The van der Waals surface area contributed by atoms with Gasteiger partial charge < -0.3 is 19.4 Å². The predicted molar refractivity (Wildman–Crippen MR) is 201 cm³/mol. The number of piperazine rings is 1. The number of hydrogen-bond acceptors (Lipinski definition) is 4. The molecule has 3 aromatic rings. The van der Waals surface area contributed by atoms with Crippen molar-refractivity contribution >= 4 is 29.0 Å². The quantitative estimate of drug-likeness (QED) is 0.228. The highest BCUT2D eigenvalue weighted by molar-refractivity contribution is 7.80. The zero-order chi connectivity index (χ0) is 32.8. The Morgan fingerprint density at radius 1 is 0.891 bits per heavy atom. The Labute approximate surface area is 285 Å². The van der Waals surface area contributed by atoms with Crippen molar-refractivity contribution in [2.24, 2.45) is 5.92 Å². The van der Waals surface area contributed by atoms with E-state index in [1.165, 1.54) is 35.2 Å². The van der Waals surface area contributed by atoms with Crippen LogP contribution in [0.4, 0.5) is 10.5 Å². The minimum absolute atomic E-state index is 0. The fourth-order valence-corrected chi connectivity index (χ4v) is 6.47. The number of amides is 1. The van der Waals surface area contributed by atoms with Crippen molar-refractivity contribution < 1.29 is 9.53 Å². The molecule has 2 unspecified atom stereocenters. The molecule has 1 aliphatic heterocycles. The first kappa shape index (κ1) is 38.8. The van der Waals surface area contributed by atoms with Crippen molar-refractivity contribution in [3.8, 4) is 0 Å². The lowest BCUT2D eigenvalue weighted by atomic mass is 9.87. The average molecular weight is 646 g/mol. The third-order valence-electron chi connectivity index (χ3n) is 9.15. The van der Waals surface area contributed by atoms with Crippen LogP contribution >= 0.6 is 12.2 Å². The Hall–Kier alpha value is -3.38. The van der Waals surface area contributed by atoms with Crippen LogP contribution in [0.15, 0.2) is 78.9 Å². The molecular formula is C40H59N3O2S. The maximum absolute atomic E-state index is 12.5. The predicted octanol–water partition coefficient (Wildman–Crippen LogP) is 9.95. The highest BCUT2D eigenvalue weighted by atomic mass is 32.1. The summed E-state index contributed by atoms with van der Waals surface area (Å²) in [5.41, 5.74) is 6.69. The Morgan fingerprint density at radius 3 is 2.04 bits per heavy atom. The summed E-state index contributed by atoms with van der Waals surface area (Å²) in [6, 6.07) is 27.4. The Bertz CT molecular complexity index is 1310. The SMILES string of the molecule is C.CC.CC(=S)N1CCN(c2ccc3c(c2)C(C)C(C)[C@H]3CCN(C)C(=O)OCc2ccccc2)CC1.CCCc1ccccc1. The summed E-state index contributed by atoms with van der Waals surface area (Å²) in [6.45, 7) is 17.9. The number of anilines is 1. The molecule has 0 saturated carbocycles. The van der Waals surface area contributed by atoms with Gasteiger partial charge in [-0.2, -0.15) is 0 Å². The third kappa shape index (κ3) is 10.9. The molecule has 1 aliphatic carbocycles. The molecule has 2 aliphatic rings. The molecule has 1 saturated heterocycles. The molecule has 0 spiro atoms. The minimum Gasteiger partial charge on any atom is -0.445 e. The van der Waals surface area contributed by atoms with Crippen LogP contribution in [0.25, 0.3) is 0 Å². The second kappa shape index (κ2) is 20.0. The van der Waals surface area contributed by atoms with E-state index in [1.807, 2.05) is 58.2 Å². The van der Waals surface area contributed by atoms with Crippen LogP contribution in [0.1, 0.15) is 95.9 Å². The molecule has 3 atom stereocenters. The molecule has 1 amide bonds. The molecule has 46 heavy (non-hydrogen) atoms. The molecule has 0 aromatic heterocycles. The third-order valence-corrected chi connectivity index (χ3v) is 9.41. The Morgan fingerprint density at radius 2 is 1.48 bits per heavy atom. The summed E-state index contributed by atoms with van der Waals surface area (Å²) in [5, 5.41) is 0. The Balaban J connectivity index is 0.000000525. The molecule has 1 fully saturated rings. The monoisotopic (exact) mass is 645 g/mol. The van der Waals surface area contributed by atoms with Gasteiger partial charge in [0, 0.05) is 45.5 Å². The lowest BCUT2D eigenvalue weighted by molar-refractivity contribution is 0.103. The number of thiocarbonyl (C=S) groups is 1. The molecule has 3 aromatic carbocycles. The van der Waals surface area contributed by atoms with Gasteiger partial charge in [-0.3, -0.25) is 0 Å². The van der Waals surface area contributed by atoms with Crippen molar-refractivity contribution in [3.63, 3.8) is 0 Å². The molecule has 252 valence electrons. The van der Waals surface area contributed by atoms with Crippen LogP contribution in [0.3, 0.4) is 0 Å². The number of fused-ring (bicyclic) bond motifs is 1. The van der Waals surface area contributed by atoms with E-state index in [9.17, 15) is 4.79 Å². The fourth-order valence-electron chi connectivity index (χ4n) is 6.29. The maximum atomic E-state index is 12.5. The van der Waals surface area contributed by atoms with E-state index in [2.05, 4.69) is 79.1 Å². The van der Waals surface area contributed by atoms with E-state index in [1.54, 1.807) is 4.90 Å². The lowest BCUT2D eigenvalue weighted by Gasteiger charge is -2.37. The fraction of sp³-hybridized carbons (Fsp3) is 0.500. The minimum atomic E-state index is -0.260. The van der Waals surface area contributed by atoms with Gasteiger partial charge >= 0.3 is 6.09 Å². The number of hydrogen-bond donors (Lipinski definition) is 0. The second-order valence-corrected chi connectivity index (χ2v) is 12.6.